The number of ether oxygens (including phenoxy) is 1. The Morgan fingerprint density at radius 2 is 1.59 bits per heavy atom. The summed E-state index contributed by atoms with van der Waals surface area (Å²) < 4.78 is 19.3. The highest BCUT2D eigenvalue weighted by Crippen LogP contribution is 2.27. The van der Waals surface area contributed by atoms with Crippen molar-refractivity contribution in [1.29, 1.82) is 0 Å². The molecule has 0 fully saturated rings. The van der Waals surface area contributed by atoms with Crippen molar-refractivity contribution in [2.75, 3.05) is 14.2 Å². The molecule has 0 saturated heterocycles. The molecule has 0 bridgehead atoms. The fourth-order valence-corrected chi connectivity index (χ4v) is 3.75. The average molecular weight is 432 g/mol. The van der Waals surface area contributed by atoms with Crippen molar-refractivity contribution in [2.24, 2.45) is 0 Å². The van der Waals surface area contributed by atoms with Gasteiger partial charge in [0.2, 0.25) is 0 Å². The van der Waals surface area contributed by atoms with Gasteiger partial charge in [-0.15, -0.1) is 0 Å². The van der Waals surface area contributed by atoms with Crippen LogP contribution in [0.25, 0.3) is 0 Å². The molecule has 0 spiro atoms. The number of amides is 3. The maximum atomic E-state index is 14.0. The van der Waals surface area contributed by atoms with Crippen LogP contribution < -0.4 is 4.74 Å². The van der Waals surface area contributed by atoms with Gasteiger partial charge in [-0.05, 0) is 35.9 Å². The summed E-state index contributed by atoms with van der Waals surface area (Å²) in [6.45, 7) is 0.102. The lowest BCUT2D eigenvalue weighted by atomic mass is 10.1. The Hall–Kier alpha value is -4.00. The molecule has 0 aliphatic carbocycles. The molecule has 1 aliphatic rings. The third-order valence-electron chi connectivity index (χ3n) is 5.43. The first-order valence-corrected chi connectivity index (χ1v) is 10.0. The van der Waals surface area contributed by atoms with Crippen LogP contribution in [0.15, 0.2) is 66.7 Å². The molecule has 1 heterocycles. The smallest absolute Gasteiger partial charge is 0.261 e. The predicted molar refractivity (Wildman–Crippen MR) is 116 cm³/mol. The van der Waals surface area contributed by atoms with Crippen LogP contribution in [-0.4, -0.2) is 41.7 Å². The molecular formula is C25H21FN2O4. The van der Waals surface area contributed by atoms with Crippen LogP contribution in [-0.2, 0) is 13.1 Å². The lowest BCUT2D eigenvalue weighted by Crippen LogP contribution is -2.30. The van der Waals surface area contributed by atoms with Gasteiger partial charge in [0.1, 0.15) is 11.6 Å². The van der Waals surface area contributed by atoms with E-state index >= 15 is 0 Å². The molecule has 162 valence electrons. The van der Waals surface area contributed by atoms with Crippen LogP contribution in [0.5, 0.6) is 5.75 Å². The van der Waals surface area contributed by atoms with E-state index in [-0.39, 0.29) is 36.4 Å². The summed E-state index contributed by atoms with van der Waals surface area (Å²) in [5.41, 5.74) is 1.99. The van der Waals surface area contributed by atoms with Crippen molar-refractivity contribution in [1.82, 2.24) is 9.80 Å². The first-order chi connectivity index (χ1) is 15.4. The largest absolute Gasteiger partial charge is 0.496 e. The SMILES string of the molecule is COc1ccc(CN2C(=O)c3ccccc3C2=O)cc1C(=O)N(C)Cc1ccccc1F. The molecular weight excluding hydrogens is 411 g/mol. The summed E-state index contributed by atoms with van der Waals surface area (Å²) in [5, 5.41) is 0. The second kappa shape index (κ2) is 8.63. The quantitative estimate of drug-likeness (QED) is 0.554. The third kappa shape index (κ3) is 3.85. The molecule has 3 aromatic carbocycles. The Kier molecular flexibility index (Phi) is 5.73. The van der Waals surface area contributed by atoms with Crippen LogP contribution in [0.1, 0.15) is 42.2 Å². The maximum absolute atomic E-state index is 14.0. The minimum absolute atomic E-state index is 0.0215. The number of fused-ring (bicyclic) bond motifs is 1. The summed E-state index contributed by atoms with van der Waals surface area (Å²) in [6.07, 6.45) is 0. The molecule has 1 aliphatic heterocycles. The Labute approximate surface area is 184 Å². The Balaban J connectivity index is 1.58. The molecule has 3 amide bonds. The third-order valence-corrected chi connectivity index (χ3v) is 5.43. The Bertz CT molecular complexity index is 1190. The zero-order valence-corrected chi connectivity index (χ0v) is 17.7. The summed E-state index contributed by atoms with van der Waals surface area (Å²) in [7, 11) is 3.03. The molecule has 32 heavy (non-hydrogen) atoms. The number of hydrogen-bond acceptors (Lipinski definition) is 4. The van der Waals surface area contributed by atoms with Gasteiger partial charge in [0, 0.05) is 19.2 Å². The molecule has 6 nitrogen and oxygen atoms in total. The van der Waals surface area contributed by atoms with E-state index in [0.717, 1.165) is 4.90 Å². The zero-order chi connectivity index (χ0) is 22.8. The first kappa shape index (κ1) is 21.2. The second-order valence-electron chi connectivity index (χ2n) is 7.53. The van der Waals surface area contributed by atoms with E-state index in [4.69, 9.17) is 4.74 Å². The van der Waals surface area contributed by atoms with Crippen molar-refractivity contribution in [3.8, 4) is 5.75 Å². The van der Waals surface area contributed by atoms with Crippen molar-refractivity contribution in [3.63, 3.8) is 0 Å². The first-order valence-electron chi connectivity index (χ1n) is 10.0. The summed E-state index contributed by atoms with van der Waals surface area (Å²) in [4.78, 5) is 41.0. The number of hydrogen-bond donors (Lipinski definition) is 0. The minimum Gasteiger partial charge on any atom is -0.496 e. The second-order valence-corrected chi connectivity index (χ2v) is 7.53. The van der Waals surface area contributed by atoms with Gasteiger partial charge in [0.05, 0.1) is 30.3 Å². The van der Waals surface area contributed by atoms with Crippen molar-refractivity contribution in [3.05, 3.63) is 100 Å². The monoisotopic (exact) mass is 432 g/mol. The average Bonchev–Trinajstić information content (AvgIpc) is 3.05. The van der Waals surface area contributed by atoms with Gasteiger partial charge in [-0.25, -0.2) is 4.39 Å². The van der Waals surface area contributed by atoms with Gasteiger partial charge >= 0.3 is 0 Å². The fraction of sp³-hybridized carbons (Fsp3) is 0.160. The maximum Gasteiger partial charge on any atom is 0.261 e. The molecule has 0 radical (unpaired) electrons. The number of halogens is 1. The van der Waals surface area contributed by atoms with E-state index in [1.54, 1.807) is 67.7 Å². The fourth-order valence-electron chi connectivity index (χ4n) is 3.75. The molecule has 0 saturated carbocycles. The van der Waals surface area contributed by atoms with Gasteiger partial charge < -0.3 is 9.64 Å². The lowest BCUT2D eigenvalue weighted by molar-refractivity contribution is 0.0642. The highest BCUT2D eigenvalue weighted by molar-refractivity contribution is 6.21. The van der Waals surface area contributed by atoms with Gasteiger partial charge in [-0.3, -0.25) is 19.3 Å². The topological polar surface area (TPSA) is 66.9 Å². The number of carbonyl (C=O) groups excluding carboxylic acids is 3. The Morgan fingerprint density at radius 3 is 2.22 bits per heavy atom. The number of imide groups is 1. The van der Waals surface area contributed by atoms with Crippen LogP contribution in [0, 0.1) is 5.82 Å². The summed E-state index contributed by atoms with van der Waals surface area (Å²) >= 11 is 0. The number of nitrogens with zero attached hydrogens (tertiary/aromatic N) is 2. The van der Waals surface area contributed by atoms with E-state index in [9.17, 15) is 18.8 Å². The summed E-state index contributed by atoms with van der Waals surface area (Å²) in [5.74, 6) is -1.15. The predicted octanol–water partition coefficient (Wildman–Crippen LogP) is 3.90. The normalized spacial score (nSPS) is 12.7. The highest BCUT2D eigenvalue weighted by atomic mass is 19.1. The minimum atomic E-state index is -0.390. The van der Waals surface area contributed by atoms with Crippen molar-refractivity contribution >= 4 is 17.7 Å². The zero-order valence-electron chi connectivity index (χ0n) is 17.7. The summed E-state index contributed by atoms with van der Waals surface area (Å²) in [6, 6.07) is 17.9. The standard InChI is InChI=1S/C25H21FN2O4/c1-27(15-17-7-3-6-10-21(17)26)23(29)20-13-16(11-12-22(20)32-2)14-28-24(30)18-8-4-5-9-19(18)25(28)31/h3-13H,14-15H2,1-2H3. The molecule has 0 unspecified atom stereocenters. The highest BCUT2D eigenvalue weighted by Gasteiger charge is 2.35. The van der Waals surface area contributed by atoms with E-state index in [0.29, 0.717) is 28.0 Å². The van der Waals surface area contributed by atoms with Gasteiger partial charge in [-0.1, -0.05) is 36.4 Å². The van der Waals surface area contributed by atoms with E-state index in [2.05, 4.69) is 0 Å². The van der Waals surface area contributed by atoms with Crippen LogP contribution in [0.4, 0.5) is 4.39 Å². The van der Waals surface area contributed by atoms with Crippen LogP contribution in [0.3, 0.4) is 0 Å². The molecule has 3 aromatic rings. The number of rotatable bonds is 6. The number of benzene rings is 3. The van der Waals surface area contributed by atoms with E-state index in [1.165, 1.54) is 18.1 Å². The molecule has 7 heteroatoms. The number of methoxy groups -OCH3 is 1. The molecule has 0 aromatic heterocycles. The van der Waals surface area contributed by atoms with Gasteiger partial charge in [0.15, 0.2) is 0 Å². The lowest BCUT2D eigenvalue weighted by Gasteiger charge is -2.20. The Morgan fingerprint density at radius 1 is 0.969 bits per heavy atom. The molecule has 0 N–H and O–H groups in total. The molecule has 4 rings (SSSR count). The molecule has 0 atom stereocenters. The van der Waals surface area contributed by atoms with Crippen molar-refractivity contribution in [2.45, 2.75) is 13.1 Å². The van der Waals surface area contributed by atoms with E-state index < -0.39 is 5.82 Å². The number of carbonyl (C=O) groups is 3. The van der Waals surface area contributed by atoms with Crippen LogP contribution in [0.2, 0.25) is 0 Å². The van der Waals surface area contributed by atoms with Crippen molar-refractivity contribution < 1.29 is 23.5 Å². The van der Waals surface area contributed by atoms with Gasteiger partial charge in [0.25, 0.3) is 17.7 Å². The van der Waals surface area contributed by atoms with Crippen LogP contribution >= 0.6 is 0 Å². The van der Waals surface area contributed by atoms with E-state index in [1.807, 2.05) is 0 Å². The van der Waals surface area contributed by atoms with Gasteiger partial charge in [-0.2, -0.15) is 0 Å².